The van der Waals surface area contributed by atoms with Crippen LogP contribution in [-0.2, 0) is 27.2 Å². The quantitative estimate of drug-likeness (QED) is 0.337. The number of carbonyl (C=O) groups is 3. The zero-order valence-electron chi connectivity index (χ0n) is 23.6. The minimum atomic E-state index is -0.731. The molecule has 0 aliphatic carbocycles. The third-order valence-electron chi connectivity index (χ3n) is 7.59. The van der Waals surface area contributed by atoms with Crippen molar-refractivity contribution in [3.8, 4) is 0 Å². The van der Waals surface area contributed by atoms with Crippen LogP contribution >= 0.6 is 11.3 Å². The summed E-state index contributed by atoms with van der Waals surface area (Å²) in [5.74, 6) is -0.361. The van der Waals surface area contributed by atoms with Gasteiger partial charge in [-0.3, -0.25) is 14.4 Å². The van der Waals surface area contributed by atoms with Crippen molar-refractivity contribution >= 4 is 39.3 Å². The largest absolute Gasteiger partial charge is 0.354 e. The molecule has 1 aliphatic rings. The van der Waals surface area contributed by atoms with Gasteiger partial charge in [0, 0.05) is 37.9 Å². The lowest BCUT2D eigenvalue weighted by atomic mass is 9.98. The van der Waals surface area contributed by atoms with E-state index >= 15 is 0 Å². The van der Waals surface area contributed by atoms with Crippen molar-refractivity contribution in [3.05, 3.63) is 28.8 Å². The molecule has 4 atom stereocenters. The number of hydrogen-bond acceptors (Lipinski definition) is 6. The van der Waals surface area contributed by atoms with E-state index in [9.17, 15) is 14.4 Å². The van der Waals surface area contributed by atoms with Crippen LogP contribution in [0.1, 0.15) is 70.9 Å². The molecule has 2 unspecified atom stereocenters. The van der Waals surface area contributed by atoms with Gasteiger partial charge < -0.3 is 20.9 Å². The Bertz CT molecular complexity index is 1080. The number of nitrogens with one attached hydrogen (secondary N) is 3. The van der Waals surface area contributed by atoms with Crippen molar-refractivity contribution in [1.82, 2.24) is 25.8 Å². The molecule has 0 bridgehead atoms. The van der Waals surface area contributed by atoms with Gasteiger partial charge in [-0.05, 0) is 56.0 Å². The number of benzene rings is 1. The molecule has 3 rings (SSSR count). The maximum Gasteiger partial charge on any atom is 0.243 e. The zero-order valence-corrected chi connectivity index (χ0v) is 24.5. The summed E-state index contributed by atoms with van der Waals surface area (Å²) in [6.45, 7) is 13.2. The van der Waals surface area contributed by atoms with Crippen LogP contribution in [-0.4, -0.2) is 65.9 Å². The van der Waals surface area contributed by atoms with Crippen molar-refractivity contribution in [2.24, 2.45) is 11.8 Å². The number of rotatable bonds is 14. The van der Waals surface area contributed by atoms with Gasteiger partial charge in [0.25, 0.3) is 0 Å². The Balaban J connectivity index is 1.66. The van der Waals surface area contributed by atoms with Crippen LogP contribution in [0.5, 0.6) is 0 Å². The van der Waals surface area contributed by atoms with Gasteiger partial charge in [-0.2, -0.15) is 0 Å². The monoisotopic (exact) mass is 543 g/mol. The summed E-state index contributed by atoms with van der Waals surface area (Å²) in [6, 6.07) is 5.26. The van der Waals surface area contributed by atoms with Crippen molar-refractivity contribution < 1.29 is 14.4 Å². The zero-order chi connectivity index (χ0) is 27.7. The summed E-state index contributed by atoms with van der Waals surface area (Å²) in [7, 11) is 0. The Morgan fingerprint density at radius 1 is 1.05 bits per heavy atom. The SMILES string of the molecule is CCC(=O)N[C@@H](Cc1nc2ccc(CC)cc2s1)C(=O)NC(CNC(=O)C(C)CN1CCCC1)[C@@H](C)CC. The van der Waals surface area contributed by atoms with E-state index in [1.54, 1.807) is 18.3 Å². The third-order valence-corrected chi connectivity index (χ3v) is 8.63. The molecule has 38 heavy (non-hydrogen) atoms. The van der Waals surface area contributed by atoms with Crippen LogP contribution in [0.15, 0.2) is 18.2 Å². The summed E-state index contributed by atoms with van der Waals surface area (Å²) >= 11 is 1.56. The predicted molar refractivity (Wildman–Crippen MR) is 154 cm³/mol. The average Bonchev–Trinajstić information content (AvgIpc) is 3.58. The van der Waals surface area contributed by atoms with Crippen molar-refractivity contribution in [2.75, 3.05) is 26.2 Å². The molecule has 1 aromatic carbocycles. The van der Waals surface area contributed by atoms with Crippen molar-refractivity contribution in [2.45, 2.75) is 85.2 Å². The first kappa shape index (κ1) is 30.0. The molecule has 1 saturated heterocycles. The Morgan fingerprint density at radius 3 is 2.45 bits per heavy atom. The molecule has 1 aliphatic heterocycles. The van der Waals surface area contributed by atoms with Crippen molar-refractivity contribution in [3.63, 3.8) is 0 Å². The maximum absolute atomic E-state index is 13.5. The van der Waals surface area contributed by atoms with Crippen molar-refractivity contribution in [1.29, 1.82) is 0 Å². The molecule has 0 radical (unpaired) electrons. The highest BCUT2D eigenvalue weighted by Gasteiger charge is 2.28. The second-order valence-electron chi connectivity index (χ2n) is 10.6. The van der Waals surface area contributed by atoms with Gasteiger partial charge in [0.1, 0.15) is 6.04 Å². The normalized spacial score (nSPS) is 17.1. The lowest BCUT2D eigenvalue weighted by molar-refractivity contribution is -0.129. The number of thiazole rings is 1. The van der Waals surface area contributed by atoms with Crippen LogP contribution < -0.4 is 16.0 Å². The molecule has 2 heterocycles. The van der Waals surface area contributed by atoms with E-state index in [-0.39, 0.29) is 35.6 Å². The van der Waals surface area contributed by atoms with Gasteiger partial charge in [0.05, 0.1) is 15.2 Å². The molecule has 8 nitrogen and oxygen atoms in total. The fourth-order valence-electron chi connectivity index (χ4n) is 4.79. The molecule has 210 valence electrons. The maximum atomic E-state index is 13.5. The lowest BCUT2D eigenvalue weighted by Gasteiger charge is -2.28. The standard InChI is InChI=1S/C29H45N5O3S/c1-6-19(4)24(17-30-28(36)20(5)18-34-13-9-10-14-34)33-29(37)23(31-26(35)8-3)16-27-32-22-12-11-21(7-2)15-25(22)38-27/h11-12,15,19-20,23-24H,6-10,13-14,16-18H2,1-5H3,(H,30,36)(H,31,35)(H,33,37)/t19-,20?,23-,24?/m0/s1. The highest BCUT2D eigenvalue weighted by atomic mass is 32.1. The Morgan fingerprint density at radius 2 is 1.79 bits per heavy atom. The molecule has 3 amide bonds. The molecule has 3 N–H and O–H groups in total. The molecule has 9 heteroatoms. The fraction of sp³-hybridized carbons (Fsp3) is 0.655. The molecule has 0 saturated carbocycles. The van der Waals surface area contributed by atoms with E-state index < -0.39 is 6.04 Å². The second kappa shape index (κ2) is 14.6. The van der Waals surface area contributed by atoms with Gasteiger partial charge >= 0.3 is 0 Å². The molecule has 1 fully saturated rings. The number of fused-ring (bicyclic) bond motifs is 1. The highest BCUT2D eigenvalue weighted by Crippen LogP contribution is 2.24. The topological polar surface area (TPSA) is 103 Å². The van der Waals surface area contributed by atoms with Crippen LogP contribution in [0.2, 0.25) is 0 Å². The van der Waals surface area contributed by atoms with Crippen LogP contribution in [0.3, 0.4) is 0 Å². The summed E-state index contributed by atoms with van der Waals surface area (Å²) < 4.78 is 1.09. The molecule has 1 aromatic heterocycles. The minimum absolute atomic E-state index is 0.0104. The number of carbonyl (C=O) groups excluding carboxylic acids is 3. The Labute approximate surface area is 231 Å². The fourth-order valence-corrected chi connectivity index (χ4v) is 5.86. The van der Waals surface area contributed by atoms with E-state index in [1.807, 2.05) is 13.0 Å². The summed E-state index contributed by atoms with van der Waals surface area (Å²) in [5, 5.41) is 9.91. The Hall–Kier alpha value is -2.52. The number of likely N-dealkylation sites (tertiary alicyclic amines) is 1. The first-order chi connectivity index (χ1) is 18.2. The van der Waals surface area contributed by atoms with E-state index in [0.717, 1.165) is 47.7 Å². The number of aromatic nitrogens is 1. The predicted octanol–water partition coefficient (Wildman–Crippen LogP) is 3.68. The summed E-state index contributed by atoms with van der Waals surface area (Å²) in [5.41, 5.74) is 2.15. The number of aryl methyl sites for hydroxylation is 1. The van der Waals surface area contributed by atoms with E-state index in [2.05, 4.69) is 53.8 Å². The summed E-state index contributed by atoms with van der Waals surface area (Å²) in [4.78, 5) is 45.7. The number of nitrogens with zero attached hydrogens (tertiary/aromatic N) is 2. The number of amides is 3. The van der Waals surface area contributed by atoms with Gasteiger partial charge in [0.2, 0.25) is 17.7 Å². The second-order valence-corrected chi connectivity index (χ2v) is 11.7. The first-order valence-electron chi connectivity index (χ1n) is 14.2. The molecular weight excluding hydrogens is 498 g/mol. The molecule has 0 spiro atoms. The minimum Gasteiger partial charge on any atom is -0.354 e. The van der Waals surface area contributed by atoms with E-state index in [0.29, 0.717) is 19.4 Å². The van der Waals surface area contributed by atoms with Crippen LogP contribution in [0.25, 0.3) is 10.2 Å². The van der Waals surface area contributed by atoms with Gasteiger partial charge in [-0.25, -0.2) is 4.98 Å². The smallest absolute Gasteiger partial charge is 0.243 e. The summed E-state index contributed by atoms with van der Waals surface area (Å²) in [6.07, 6.45) is 4.82. The third kappa shape index (κ3) is 8.50. The Kier molecular flexibility index (Phi) is 11.5. The van der Waals surface area contributed by atoms with Gasteiger partial charge in [0.15, 0.2) is 0 Å². The molecular formula is C29H45N5O3S. The lowest BCUT2D eigenvalue weighted by Crippen LogP contribution is -2.55. The average molecular weight is 544 g/mol. The number of hydrogen-bond donors (Lipinski definition) is 3. The van der Waals surface area contributed by atoms with Crippen LogP contribution in [0, 0.1) is 11.8 Å². The van der Waals surface area contributed by atoms with E-state index in [1.165, 1.54) is 18.4 Å². The van der Waals surface area contributed by atoms with Crippen LogP contribution in [0.4, 0.5) is 0 Å². The van der Waals surface area contributed by atoms with Gasteiger partial charge in [-0.1, -0.05) is 47.1 Å². The highest BCUT2D eigenvalue weighted by molar-refractivity contribution is 7.18. The first-order valence-corrected chi connectivity index (χ1v) is 15.0. The van der Waals surface area contributed by atoms with Gasteiger partial charge in [-0.15, -0.1) is 11.3 Å². The van der Waals surface area contributed by atoms with E-state index in [4.69, 9.17) is 4.98 Å². The molecule has 2 aromatic rings.